The lowest BCUT2D eigenvalue weighted by Gasteiger charge is -2.58. The van der Waals surface area contributed by atoms with Crippen LogP contribution in [-0.2, 0) is 4.79 Å². The molecular weight excluding hydrogens is 516 g/mol. The van der Waals surface area contributed by atoms with Crippen LogP contribution in [0, 0.1) is 52.3 Å². The minimum absolute atomic E-state index is 0.0725. The van der Waals surface area contributed by atoms with Gasteiger partial charge in [0.25, 0.3) is 0 Å². The van der Waals surface area contributed by atoms with E-state index in [0.717, 1.165) is 59.1 Å². The molecule has 216 valence electrons. The van der Waals surface area contributed by atoms with Gasteiger partial charge in [0.15, 0.2) is 5.78 Å². The smallest absolute Gasteiger partial charge is 0.173 e. The molecule has 2 N–H and O–H groups in total. The first-order valence-electron chi connectivity index (χ1n) is 14.9. The number of ketones is 1. The van der Waals surface area contributed by atoms with E-state index in [1.54, 1.807) is 0 Å². The molecule has 1 aromatic rings. The van der Waals surface area contributed by atoms with Crippen LogP contribution in [0.3, 0.4) is 0 Å². The summed E-state index contributed by atoms with van der Waals surface area (Å²) < 4.78 is 0. The van der Waals surface area contributed by atoms with Crippen LogP contribution >= 0.6 is 0 Å². The third-order valence-electron chi connectivity index (χ3n) is 10.6. The van der Waals surface area contributed by atoms with E-state index in [4.69, 9.17) is 5.73 Å². The Hall–Kier alpha value is -4.09. The zero-order chi connectivity index (χ0) is 30.9. The first kappa shape index (κ1) is 29.4. The first-order chi connectivity index (χ1) is 19.7. The molecule has 0 heterocycles. The van der Waals surface area contributed by atoms with Crippen LogP contribution in [0.4, 0.5) is 0 Å². The third-order valence-corrected chi connectivity index (χ3v) is 10.6. The molecule has 5 atom stereocenters. The predicted octanol–water partition coefficient (Wildman–Crippen LogP) is 7.33. The Morgan fingerprint density at radius 2 is 1.74 bits per heavy atom. The van der Waals surface area contributed by atoms with Crippen molar-refractivity contribution >= 4 is 5.78 Å². The third kappa shape index (κ3) is 3.98. The van der Waals surface area contributed by atoms with Crippen molar-refractivity contribution in [2.24, 2.45) is 28.4 Å². The molecule has 5 rings (SSSR count). The number of hydrogen-bond donors (Lipinski definition) is 1. The zero-order valence-corrected chi connectivity index (χ0v) is 26.1. The molecule has 0 aliphatic heterocycles. The lowest BCUT2D eigenvalue weighted by molar-refractivity contribution is -0.125. The fraction of sp³-hybridized carbons (Fsp3) is 0.432. The van der Waals surface area contributed by atoms with Crippen molar-refractivity contribution in [3.05, 3.63) is 105 Å². The molecule has 2 unspecified atom stereocenters. The average molecular weight is 559 g/mol. The van der Waals surface area contributed by atoms with Gasteiger partial charge in [-0.05, 0) is 72.6 Å². The highest BCUT2D eigenvalue weighted by Crippen LogP contribution is 2.67. The number of rotatable bonds is 4. The summed E-state index contributed by atoms with van der Waals surface area (Å²) in [6.45, 7) is 19.3. The quantitative estimate of drug-likeness (QED) is 0.418. The highest BCUT2D eigenvalue weighted by atomic mass is 16.1. The number of nitrogens with zero attached hydrogens (tertiary/aromatic N) is 3. The summed E-state index contributed by atoms with van der Waals surface area (Å²) >= 11 is 0. The number of hydrogen-bond acceptors (Lipinski definition) is 5. The van der Waals surface area contributed by atoms with E-state index < -0.39 is 11.3 Å². The van der Waals surface area contributed by atoms with E-state index >= 15 is 0 Å². The van der Waals surface area contributed by atoms with Gasteiger partial charge in [-0.15, -0.1) is 0 Å². The molecule has 0 radical (unpaired) electrons. The van der Waals surface area contributed by atoms with Gasteiger partial charge in [-0.1, -0.05) is 69.3 Å². The molecule has 1 fully saturated rings. The maximum absolute atomic E-state index is 14.2. The summed E-state index contributed by atoms with van der Waals surface area (Å²) in [6, 6.07) is 13.5. The summed E-state index contributed by atoms with van der Waals surface area (Å²) in [5.74, 6) is -0.738. The number of aryl methyl sites for hydroxylation is 1. The van der Waals surface area contributed by atoms with Crippen molar-refractivity contribution < 1.29 is 4.79 Å². The van der Waals surface area contributed by atoms with E-state index in [0.29, 0.717) is 11.1 Å². The summed E-state index contributed by atoms with van der Waals surface area (Å²) in [6.07, 6.45) is 2.96. The van der Waals surface area contributed by atoms with E-state index in [1.807, 2.05) is 0 Å². The summed E-state index contributed by atoms with van der Waals surface area (Å²) in [5, 5.41) is 20.9. The maximum atomic E-state index is 14.2. The summed E-state index contributed by atoms with van der Waals surface area (Å²) in [7, 11) is 4.17. The molecule has 4 aliphatic rings. The molecule has 0 aromatic heterocycles. The number of carbonyl (C=O) groups is 1. The van der Waals surface area contributed by atoms with E-state index in [1.165, 1.54) is 16.8 Å². The Morgan fingerprint density at radius 1 is 1.12 bits per heavy atom. The second kappa shape index (κ2) is 10.0. The molecule has 1 saturated carbocycles. The minimum Gasteiger partial charge on any atom is -0.399 e. The normalized spacial score (nSPS) is 30.8. The van der Waals surface area contributed by atoms with Crippen molar-refractivity contribution in [3.8, 4) is 12.1 Å². The second-order valence-electron chi connectivity index (χ2n) is 13.5. The molecule has 0 bridgehead atoms. The lowest BCUT2D eigenvalue weighted by Crippen LogP contribution is -2.53. The number of benzene rings is 1. The van der Waals surface area contributed by atoms with Crippen molar-refractivity contribution in [2.45, 2.75) is 66.2 Å². The van der Waals surface area contributed by atoms with Crippen molar-refractivity contribution in [1.29, 1.82) is 10.5 Å². The second-order valence-corrected chi connectivity index (χ2v) is 13.5. The Bertz CT molecular complexity index is 1650. The SMILES string of the molecule is C=C(N)C1=C(C#N)[C@@H](CC)[C@]2(C)C[C@]3(C)CC4=C(N(C)C)CC(c5ccc(C)cc5)C(C#N)=C4C(=C)C3=C(C)C2C1=O. The van der Waals surface area contributed by atoms with Crippen LogP contribution in [0.5, 0.6) is 0 Å². The lowest BCUT2D eigenvalue weighted by atomic mass is 9.44. The molecular formula is C37H42N4O. The molecule has 0 amide bonds. The van der Waals surface area contributed by atoms with Gasteiger partial charge >= 0.3 is 0 Å². The number of fused-ring (bicyclic) bond motifs is 3. The molecule has 4 aliphatic carbocycles. The minimum atomic E-state index is -0.463. The van der Waals surface area contributed by atoms with Gasteiger partial charge in [-0.2, -0.15) is 10.5 Å². The zero-order valence-electron chi connectivity index (χ0n) is 26.1. The monoisotopic (exact) mass is 558 g/mol. The van der Waals surface area contributed by atoms with E-state index in [2.05, 4.69) is 103 Å². The summed E-state index contributed by atoms with van der Waals surface area (Å²) in [5.41, 5.74) is 15.7. The Labute approximate surface area is 251 Å². The largest absolute Gasteiger partial charge is 0.399 e. The number of Topliss-reactive ketones (excluding diaryl/α,β-unsaturated/α-hetero) is 1. The highest BCUT2D eigenvalue weighted by molar-refractivity contribution is 6.05. The standard InChI is InChI=1S/C37H42N4O/c1-10-29-28(18-39)32(23(5)40)35(42)34-22(4)33-21(3)31-26(16-36(33,6)19-37(29,34)7)30(41(8)9)15-25(27(31)17-38)24-13-11-20(2)12-14-24/h11-14,25,29,34H,3,5,10,15-16,19,40H2,1-2,4,6-9H3/t25?,29-,34?,36+,37+/m1/s1. The van der Waals surface area contributed by atoms with Crippen molar-refractivity contribution in [2.75, 3.05) is 14.1 Å². The molecule has 0 saturated heterocycles. The number of carbonyl (C=O) groups excluding carboxylic acids is 1. The fourth-order valence-corrected chi connectivity index (χ4v) is 9.26. The Morgan fingerprint density at radius 3 is 2.26 bits per heavy atom. The number of nitriles is 2. The van der Waals surface area contributed by atoms with Crippen LogP contribution in [-0.4, -0.2) is 24.8 Å². The van der Waals surface area contributed by atoms with E-state index in [9.17, 15) is 15.3 Å². The first-order valence-corrected chi connectivity index (χ1v) is 14.9. The Balaban J connectivity index is 1.78. The van der Waals surface area contributed by atoms with Crippen LogP contribution in [0.15, 0.2) is 93.4 Å². The van der Waals surface area contributed by atoms with Gasteiger partial charge in [0.2, 0.25) is 0 Å². The topological polar surface area (TPSA) is 93.9 Å². The molecule has 42 heavy (non-hydrogen) atoms. The molecule has 5 nitrogen and oxygen atoms in total. The van der Waals surface area contributed by atoms with Gasteiger partial charge in [-0.3, -0.25) is 4.79 Å². The highest BCUT2D eigenvalue weighted by Gasteiger charge is 2.60. The fourth-order valence-electron chi connectivity index (χ4n) is 9.26. The van der Waals surface area contributed by atoms with Crippen LogP contribution in [0.1, 0.15) is 70.4 Å². The predicted molar refractivity (Wildman–Crippen MR) is 167 cm³/mol. The summed E-state index contributed by atoms with van der Waals surface area (Å²) in [4.78, 5) is 16.4. The van der Waals surface area contributed by atoms with Crippen molar-refractivity contribution in [1.82, 2.24) is 4.90 Å². The molecule has 5 heteroatoms. The van der Waals surface area contributed by atoms with Crippen LogP contribution in [0.2, 0.25) is 0 Å². The van der Waals surface area contributed by atoms with E-state index in [-0.39, 0.29) is 28.7 Å². The van der Waals surface area contributed by atoms with Gasteiger partial charge in [0.05, 0.1) is 17.7 Å². The van der Waals surface area contributed by atoms with Crippen molar-refractivity contribution in [3.63, 3.8) is 0 Å². The Kier molecular flexibility index (Phi) is 7.02. The maximum Gasteiger partial charge on any atom is 0.173 e. The van der Waals surface area contributed by atoms with Crippen LogP contribution in [0.25, 0.3) is 0 Å². The molecule has 1 aromatic carbocycles. The van der Waals surface area contributed by atoms with Gasteiger partial charge in [0, 0.05) is 60.0 Å². The van der Waals surface area contributed by atoms with Gasteiger partial charge in [-0.25, -0.2) is 0 Å². The number of allylic oxidation sites excluding steroid dienone is 9. The number of nitrogens with two attached hydrogens (primary N) is 1. The molecule has 0 spiro atoms. The average Bonchev–Trinajstić information content (AvgIpc) is 2.91. The van der Waals surface area contributed by atoms with Crippen LogP contribution < -0.4 is 5.73 Å². The van der Waals surface area contributed by atoms with Gasteiger partial charge in [0.1, 0.15) is 0 Å². The van der Waals surface area contributed by atoms with Gasteiger partial charge < -0.3 is 10.6 Å².